The molecule has 3 aromatic rings. The highest BCUT2D eigenvalue weighted by Crippen LogP contribution is 2.41. The van der Waals surface area contributed by atoms with Crippen molar-refractivity contribution in [3.8, 4) is 5.69 Å². The fourth-order valence-electron chi connectivity index (χ4n) is 2.90. The zero-order chi connectivity index (χ0) is 18.3. The lowest BCUT2D eigenvalue weighted by atomic mass is 10.2. The van der Waals surface area contributed by atoms with E-state index in [2.05, 4.69) is 15.4 Å². The molecule has 2 heterocycles. The van der Waals surface area contributed by atoms with Crippen LogP contribution < -0.4 is 5.32 Å². The summed E-state index contributed by atoms with van der Waals surface area (Å²) in [5.41, 5.74) is 2.24. The van der Waals surface area contributed by atoms with Gasteiger partial charge in [-0.25, -0.2) is 13.5 Å². The van der Waals surface area contributed by atoms with Crippen molar-refractivity contribution in [2.75, 3.05) is 5.32 Å². The monoisotopic (exact) mass is 354 g/mol. The second-order valence-electron chi connectivity index (χ2n) is 6.37. The standard InChI is InChI=1S/C19H16F2N4O/c1-11-8-18(12-2-3-12)25(24-11)17-5-4-13(9-15(17)20)23-19(26)14-6-7-22-10-16(14)21/h4-10,12H,2-3H2,1H3,(H,23,26). The molecule has 7 heteroatoms. The number of rotatable bonds is 4. The summed E-state index contributed by atoms with van der Waals surface area (Å²) in [6.07, 6.45) is 4.44. The predicted molar refractivity (Wildman–Crippen MR) is 92.4 cm³/mol. The van der Waals surface area contributed by atoms with E-state index in [1.165, 1.54) is 18.3 Å². The Bertz CT molecular complexity index is 995. The molecule has 0 bridgehead atoms. The van der Waals surface area contributed by atoms with Gasteiger partial charge in [-0.3, -0.25) is 9.78 Å². The molecule has 0 unspecified atom stereocenters. The van der Waals surface area contributed by atoms with Crippen molar-refractivity contribution in [3.05, 3.63) is 71.3 Å². The van der Waals surface area contributed by atoms with Crippen LogP contribution in [0.3, 0.4) is 0 Å². The number of nitrogens with zero attached hydrogens (tertiary/aromatic N) is 3. The Kier molecular flexibility index (Phi) is 3.99. The maximum absolute atomic E-state index is 14.6. The summed E-state index contributed by atoms with van der Waals surface area (Å²) in [4.78, 5) is 15.7. The normalized spacial score (nSPS) is 13.7. The minimum Gasteiger partial charge on any atom is -0.322 e. The van der Waals surface area contributed by atoms with Crippen LogP contribution in [0.4, 0.5) is 14.5 Å². The van der Waals surface area contributed by atoms with Crippen molar-refractivity contribution < 1.29 is 13.6 Å². The molecule has 0 aliphatic heterocycles. The van der Waals surface area contributed by atoms with Gasteiger partial charge in [0.1, 0.15) is 5.69 Å². The average Bonchev–Trinajstić information content (AvgIpc) is 3.38. The predicted octanol–water partition coefficient (Wildman–Crippen LogP) is 3.98. The first-order chi connectivity index (χ1) is 12.5. The highest BCUT2D eigenvalue weighted by atomic mass is 19.1. The largest absolute Gasteiger partial charge is 0.322 e. The van der Waals surface area contributed by atoms with Crippen molar-refractivity contribution in [3.63, 3.8) is 0 Å². The molecule has 5 nitrogen and oxygen atoms in total. The number of pyridine rings is 1. The van der Waals surface area contributed by atoms with E-state index < -0.39 is 17.5 Å². The zero-order valence-corrected chi connectivity index (χ0v) is 14.0. The van der Waals surface area contributed by atoms with Crippen molar-refractivity contribution in [1.82, 2.24) is 14.8 Å². The number of anilines is 1. The van der Waals surface area contributed by atoms with Crippen molar-refractivity contribution in [2.24, 2.45) is 0 Å². The van der Waals surface area contributed by atoms with E-state index in [-0.39, 0.29) is 11.3 Å². The van der Waals surface area contributed by atoms with Gasteiger partial charge in [-0.2, -0.15) is 5.10 Å². The van der Waals surface area contributed by atoms with Gasteiger partial charge in [0, 0.05) is 23.5 Å². The maximum atomic E-state index is 14.6. The Morgan fingerprint density at radius 3 is 2.69 bits per heavy atom. The van der Waals surface area contributed by atoms with Crippen LogP contribution in [-0.4, -0.2) is 20.7 Å². The second-order valence-corrected chi connectivity index (χ2v) is 6.37. The van der Waals surface area contributed by atoms with Crippen LogP contribution in [0, 0.1) is 18.6 Å². The van der Waals surface area contributed by atoms with Crippen molar-refractivity contribution >= 4 is 11.6 Å². The van der Waals surface area contributed by atoms with Gasteiger partial charge in [0.05, 0.1) is 17.5 Å². The minimum atomic E-state index is -0.733. The number of hydrogen-bond donors (Lipinski definition) is 1. The topological polar surface area (TPSA) is 59.8 Å². The van der Waals surface area contributed by atoms with Crippen LogP contribution in [0.1, 0.15) is 40.5 Å². The molecule has 26 heavy (non-hydrogen) atoms. The summed E-state index contributed by atoms with van der Waals surface area (Å²) in [7, 11) is 0. The Labute approximate surface area is 148 Å². The number of aromatic nitrogens is 3. The quantitative estimate of drug-likeness (QED) is 0.771. The molecule has 1 saturated carbocycles. The fraction of sp³-hybridized carbons (Fsp3) is 0.211. The number of aryl methyl sites for hydroxylation is 1. The number of hydrogen-bond acceptors (Lipinski definition) is 3. The third-order valence-electron chi connectivity index (χ3n) is 4.31. The average molecular weight is 354 g/mol. The SMILES string of the molecule is Cc1cc(C2CC2)n(-c2ccc(NC(=O)c3ccncc3F)cc2F)n1. The first-order valence-electron chi connectivity index (χ1n) is 8.30. The molecule has 1 fully saturated rings. The smallest absolute Gasteiger partial charge is 0.258 e. The summed E-state index contributed by atoms with van der Waals surface area (Å²) in [6.45, 7) is 1.87. The summed E-state index contributed by atoms with van der Waals surface area (Å²) in [5, 5.41) is 6.88. The van der Waals surface area contributed by atoms with E-state index in [9.17, 15) is 13.6 Å². The van der Waals surface area contributed by atoms with Gasteiger partial charge in [0.25, 0.3) is 5.91 Å². The van der Waals surface area contributed by atoms with E-state index in [1.807, 2.05) is 13.0 Å². The van der Waals surface area contributed by atoms with Gasteiger partial charge >= 0.3 is 0 Å². The van der Waals surface area contributed by atoms with E-state index >= 15 is 0 Å². The third-order valence-corrected chi connectivity index (χ3v) is 4.31. The van der Waals surface area contributed by atoms with Crippen molar-refractivity contribution in [1.29, 1.82) is 0 Å². The van der Waals surface area contributed by atoms with Gasteiger partial charge in [0.2, 0.25) is 0 Å². The van der Waals surface area contributed by atoms with Crippen LogP contribution in [0.25, 0.3) is 5.69 Å². The lowest BCUT2D eigenvalue weighted by Crippen LogP contribution is -2.14. The molecule has 4 rings (SSSR count). The molecule has 1 N–H and O–H groups in total. The Hall–Kier alpha value is -3.09. The Morgan fingerprint density at radius 2 is 2.00 bits per heavy atom. The van der Waals surface area contributed by atoms with Crippen molar-refractivity contribution in [2.45, 2.75) is 25.7 Å². The molecule has 0 radical (unpaired) electrons. The molecule has 0 spiro atoms. The lowest BCUT2D eigenvalue weighted by molar-refractivity contribution is 0.102. The van der Waals surface area contributed by atoms with Gasteiger partial charge in [-0.05, 0) is 50.1 Å². The third kappa shape index (κ3) is 3.08. The molecule has 132 valence electrons. The van der Waals surface area contributed by atoms with E-state index in [4.69, 9.17) is 0 Å². The fourth-order valence-corrected chi connectivity index (χ4v) is 2.90. The van der Waals surface area contributed by atoms with Crippen LogP contribution in [0.5, 0.6) is 0 Å². The first-order valence-corrected chi connectivity index (χ1v) is 8.30. The summed E-state index contributed by atoms with van der Waals surface area (Å²) >= 11 is 0. The molecule has 0 atom stereocenters. The number of nitrogens with one attached hydrogen (secondary N) is 1. The molecule has 2 aromatic heterocycles. The summed E-state index contributed by atoms with van der Waals surface area (Å²) < 4.78 is 29.9. The molecular formula is C19H16F2N4O. The summed E-state index contributed by atoms with van der Waals surface area (Å²) in [5.74, 6) is -1.48. The van der Waals surface area contributed by atoms with E-state index in [0.717, 1.165) is 30.4 Å². The van der Waals surface area contributed by atoms with Crippen LogP contribution >= 0.6 is 0 Å². The number of amides is 1. The number of carbonyl (C=O) groups excluding carboxylic acids is 1. The van der Waals surface area contributed by atoms with E-state index in [0.29, 0.717) is 11.6 Å². The molecular weight excluding hydrogens is 338 g/mol. The summed E-state index contributed by atoms with van der Waals surface area (Å²) in [6, 6.07) is 7.58. The molecule has 0 saturated heterocycles. The second kappa shape index (κ2) is 6.33. The molecule has 1 aliphatic rings. The lowest BCUT2D eigenvalue weighted by Gasteiger charge is -2.11. The Morgan fingerprint density at radius 1 is 1.19 bits per heavy atom. The molecule has 1 aliphatic carbocycles. The number of carbonyl (C=O) groups is 1. The van der Waals surface area contributed by atoms with E-state index in [1.54, 1.807) is 16.8 Å². The van der Waals surface area contributed by atoms with Gasteiger partial charge < -0.3 is 5.32 Å². The zero-order valence-electron chi connectivity index (χ0n) is 14.0. The van der Waals surface area contributed by atoms with Crippen LogP contribution in [0.2, 0.25) is 0 Å². The number of benzene rings is 1. The minimum absolute atomic E-state index is 0.150. The highest BCUT2D eigenvalue weighted by Gasteiger charge is 2.28. The van der Waals surface area contributed by atoms with Gasteiger partial charge in [-0.1, -0.05) is 0 Å². The highest BCUT2D eigenvalue weighted by molar-refractivity contribution is 6.04. The van der Waals surface area contributed by atoms with Crippen LogP contribution in [0.15, 0.2) is 42.7 Å². The Balaban J connectivity index is 1.61. The van der Waals surface area contributed by atoms with Gasteiger partial charge in [0.15, 0.2) is 11.6 Å². The maximum Gasteiger partial charge on any atom is 0.258 e. The molecule has 1 amide bonds. The number of halogens is 2. The van der Waals surface area contributed by atoms with Gasteiger partial charge in [-0.15, -0.1) is 0 Å². The first kappa shape index (κ1) is 16.4. The van der Waals surface area contributed by atoms with Crippen LogP contribution in [-0.2, 0) is 0 Å². The molecule has 1 aromatic carbocycles.